The summed E-state index contributed by atoms with van der Waals surface area (Å²) in [5, 5.41) is 0. The molecule has 1 aliphatic heterocycles. The van der Waals surface area contributed by atoms with Gasteiger partial charge in [0.05, 0.1) is 10.6 Å². The minimum absolute atomic E-state index is 0.0303. The third-order valence-corrected chi connectivity index (χ3v) is 5.77. The van der Waals surface area contributed by atoms with E-state index in [2.05, 4.69) is 27.8 Å². The van der Waals surface area contributed by atoms with E-state index >= 15 is 0 Å². The second kappa shape index (κ2) is 6.30. The van der Waals surface area contributed by atoms with Crippen LogP contribution < -0.4 is 10.3 Å². The first-order valence-electron chi connectivity index (χ1n) is 8.22. The van der Waals surface area contributed by atoms with Crippen LogP contribution in [-0.4, -0.2) is 33.6 Å². The Morgan fingerprint density at radius 2 is 2.00 bits per heavy atom. The molecule has 23 heavy (non-hydrogen) atoms. The van der Waals surface area contributed by atoms with E-state index in [4.69, 9.17) is 4.74 Å². The van der Waals surface area contributed by atoms with Crippen LogP contribution in [0.25, 0.3) is 0 Å². The maximum atomic E-state index is 12.0. The van der Waals surface area contributed by atoms with Gasteiger partial charge in [-0.3, -0.25) is 9.59 Å². The lowest BCUT2D eigenvalue weighted by Crippen LogP contribution is -2.50. The predicted octanol–water partition coefficient (Wildman–Crippen LogP) is 2.85. The molecule has 0 aromatic carbocycles. The highest BCUT2D eigenvalue weighted by Gasteiger charge is 2.41. The van der Waals surface area contributed by atoms with Gasteiger partial charge < -0.3 is 14.2 Å². The van der Waals surface area contributed by atoms with Crippen LogP contribution in [0.2, 0.25) is 0 Å². The van der Waals surface area contributed by atoms with Crippen molar-refractivity contribution in [1.29, 1.82) is 0 Å². The number of amides is 1. The first-order valence-corrected chi connectivity index (χ1v) is 9.02. The number of carbonyl (C=O) groups excluding carboxylic acids is 1. The number of nitrogens with zero attached hydrogens (tertiary/aromatic N) is 2. The topological polar surface area (TPSA) is 51.5 Å². The molecular formula is C17H23BrN2O3. The Morgan fingerprint density at radius 1 is 1.30 bits per heavy atom. The van der Waals surface area contributed by atoms with E-state index < -0.39 is 0 Å². The molecule has 2 fully saturated rings. The Kier molecular flexibility index (Phi) is 4.54. The first kappa shape index (κ1) is 16.6. The van der Waals surface area contributed by atoms with E-state index in [0.717, 1.165) is 43.1 Å². The SMILES string of the molecule is Cn1cc(Br)c(O[C@H]2CC[C@](C)(N3CCCC3=O)CC2)cc1=O. The zero-order valence-corrected chi connectivity index (χ0v) is 15.3. The van der Waals surface area contributed by atoms with E-state index in [-0.39, 0.29) is 17.2 Å². The van der Waals surface area contributed by atoms with Gasteiger partial charge in [-0.2, -0.15) is 0 Å². The van der Waals surface area contributed by atoms with Crippen LogP contribution in [0.5, 0.6) is 5.75 Å². The lowest BCUT2D eigenvalue weighted by molar-refractivity contribution is -0.134. The van der Waals surface area contributed by atoms with Crippen molar-refractivity contribution in [2.24, 2.45) is 7.05 Å². The van der Waals surface area contributed by atoms with Crippen LogP contribution in [0.15, 0.2) is 21.5 Å². The number of ether oxygens (including phenoxy) is 1. The van der Waals surface area contributed by atoms with Crippen molar-refractivity contribution in [2.45, 2.75) is 57.1 Å². The molecule has 126 valence electrons. The summed E-state index contributed by atoms with van der Waals surface area (Å²) in [5.74, 6) is 0.903. The molecule has 0 N–H and O–H groups in total. The molecular weight excluding hydrogens is 360 g/mol. The molecule has 0 bridgehead atoms. The number of hydrogen-bond acceptors (Lipinski definition) is 3. The number of hydrogen-bond donors (Lipinski definition) is 0. The van der Waals surface area contributed by atoms with Gasteiger partial charge in [0.2, 0.25) is 5.91 Å². The van der Waals surface area contributed by atoms with Gasteiger partial charge >= 0.3 is 0 Å². The predicted molar refractivity (Wildman–Crippen MR) is 91.6 cm³/mol. The van der Waals surface area contributed by atoms with Crippen molar-refractivity contribution in [3.63, 3.8) is 0 Å². The van der Waals surface area contributed by atoms with Crippen LogP contribution in [-0.2, 0) is 11.8 Å². The minimum atomic E-state index is -0.0773. The monoisotopic (exact) mass is 382 g/mol. The Hall–Kier alpha value is -1.30. The standard InChI is InChI=1S/C17H23BrN2O3/c1-17(20-9-3-4-15(20)21)7-5-12(6-8-17)23-14-10-16(22)19(2)11-13(14)18/h10-12H,3-9H2,1-2H3/t12-,17-. The maximum absolute atomic E-state index is 12.0. The number of aromatic nitrogens is 1. The molecule has 0 unspecified atom stereocenters. The summed E-state index contributed by atoms with van der Waals surface area (Å²) < 4.78 is 8.36. The van der Waals surface area contributed by atoms with Crippen molar-refractivity contribution in [2.75, 3.05) is 6.54 Å². The summed E-state index contributed by atoms with van der Waals surface area (Å²) in [6, 6.07) is 1.53. The van der Waals surface area contributed by atoms with Gasteiger partial charge in [-0.1, -0.05) is 0 Å². The van der Waals surface area contributed by atoms with Crippen LogP contribution in [0.3, 0.4) is 0 Å². The molecule has 3 rings (SSSR count). The zero-order chi connectivity index (χ0) is 16.6. The van der Waals surface area contributed by atoms with E-state index in [1.165, 1.54) is 10.6 Å². The molecule has 1 saturated carbocycles. The minimum Gasteiger partial charge on any atom is -0.489 e. The van der Waals surface area contributed by atoms with E-state index in [9.17, 15) is 9.59 Å². The Balaban J connectivity index is 1.64. The molecule has 5 nitrogen and oxygen atoms in total. The van der Waals surface area contributed by atoms with Crippen molar-refractivity contribution in [3.8, 4) is 5.75 Å². The fraction of sp³-hybridized carbons (Fsp3) is 0.647. The summed E-state index contributed by atoms with van der Waals surface area (Å²) in [7, 11) is 1.72. The Labute approximate surface area is 144 Å². The van der Waals surface area contributed by atoms with Crippen LogP contribution >= 0.6 is 15.9 Å². The number of likely N-dealkylation sites (tertiary alicyclic amines) is 1. The van der Waals surface area contributed by atoms with Gasteiger partial charge in [0.25, 0.3) is 5.56 Å². The number of pyridine rings is 1. The third kappa shape index (κ3) is 3.32. The van der Waals surface area contributed by atoms with E-state index in [1.54, 1.807) is 13.2 Å². The highest BCUT2D eigenvalue weighted by Crippen LogP contribution is 2.38. The fourth-order valence-electron chi connectivity index (χ4n) is 3.67. The number of rotatable bonds is 3. The molecule has 2 heterocycles. The molecule has 0 spiro atoms. The van der Waals surface area contributed by atoms with Crippen molar-refractivity contribution >= 4 is 21.8 Å². The van der Waals surface area contributed by atoms with Gasteiger partial charge in [0, 0.05) is 37.8 Å². The summed E-state index contributed by atoms with van der Waals surface area (Å²) in [6.45, 7) is 3.09. The molecule has 0 atom stereocenters. The highest BCUT2D eigenvalue weighted by atomic mass is 79.9. The molecule has 1 saturated heterocycles. The van der Waals surface area contributed by atoms with E-state index in [0.29, 0.717) is 18.1 Å². The van der Waals surface area contributed by atoms with Crippen LogP contribution in [0.4, 0.5) is 0 Å². The van der Waals surface area contributed by atoms with Crippen molar-refractivity contribution in [3.05, 3.63) is 27.1 Å². The van der Waals surface area contributed by atoms with Crippen LogP contribution in [0, 0.1) is 0 Å². The summed E-state index contributed by atoms with van der Waals surface area (Å²) in [4.78, 5) is 25.8. The summed E-state index contributed by atoms with van der Waals surface area (Å²) in [5.41, 5.74) is -0.108. The molecule has 1 amide bonds. The Morgan fingerprint density at radius 3 is 2.61 bits per heavy atom. The average molecular weight is 383 g/mol. The van der Waals surface area contributed by atoms with Gasteiger partial charge in [0.15, 0.2) is 0 Å². The number of carbonyl (C=O) groups is 1. The molecule has 1 aromatic heterocycles. The van der Waals surface area contributed by atoms with Crippen molar-refractivity contribution < 1.29 is 9.53 Å². The summed E-state index contributed by atoms with van der Waals surface area (Å²) in [6.07, 6.45) is 7.21. The maximum Gasteiger partial charge on any atom is 0.254 e. The van der Waals surface area contributed by atoms with Gasteiger partial charge in [-0.25, -0.2) is 0 Å². The second-order valence-electron chi connectivity index (χ2n) is 6.90. The lowest BCUT2D eigenvalue weighted by Gasteiger charge is -2.44. The van der Waals surface area contributed by atoms with Crippen LogP contribution in [0.1, 0.15) is 45.4 Å². The van der Waals surface area contributed by atoms with Gasteiger partial charge in [0.1, 0.15) is 5.75 Å². The lowest BCUT2D eigenvalue weighted by atomic mass is 9.80. The highest BCUT2D eigenvalue weighted by molar-refractivity contribution is 9.10. The molecule has 6 heteroatoms. The van der Waals surface area contributed by atoms with E-state index in [1.807, 2.05) is 0 Å². The van der Waals surface area contributed by atoms with Crippen molar-refractivity contribution in [1.82, 2.24) is 9.47 Å². The van der Waals surface area contributed by atoms with Gasteiger partial charge in [-0.15, -0.1) is 0 Å². The molecule has 2 aliphatic rings. The zero-order valence-electron chi connectivity index (χ0n) is 13.7. The quantitative estimate of drug-likeness (QED) is 0.807. The normalized spacial score (nSPS) is 28.2. The third-order valence-electron chi connectivity index (χ3n) is 5.17. The fourth-order valence-corrected chi connectivity index (χ4v) is 4.19. The van der Waals surface area contributed by atoms with Gasteiger partial charge in [-0.05, 0) is 55.0 Å². The molecule has 1 aromatic rings. The Bertz CT molecular complexity index is 662. The smallest absolute Gasteiger partial charge is 0.254 e. The second-order valence-corrected chi connectivity index (χ2v) is 7.75. The average Bonchev–Trinajstić information content (AvgIpc) is 2.94. The molecule has 0 radical (unpaired) electrons. The molecule has 1 aliphatic carbocycles. The first-order chi connectivity index (χ1) is 10.9. The number of halogens is 1. The number of aryl methyl sites for hydroxylation is 1. The summed E-state index contributed by atoms with van der Waals surface area (Å²) >= 11 is 3.45. The largest absolute Gasteiger partial charge is 0.489 e.